The first-order valence-electron chi connectivity index (χ1n) is 9.24. The van der Waals surface area contributed by atoms with Gasteiger partial charge >= 0.3 is 0 Å². The summed E-state index contributed by atoms with van der Waals surface area (Å²) in [6.07, 6.45) is 4.66. The van der Waals surface area contributed by atoms with E-state index in [2.05, 4.69) is 34.6 Å². The number of nitrogens with zero attached hydrogens (tertiary/aromatic N) is 3. The third kappa shape index (κ3) is 5.44. The quantitative estimate of drug-likeness (QED) is 0.539. The highest BCUT2D eigenvalue weighted by molar-refractivity contribution is 7.88. The molecular weight excluding hydrogens is 354 g/mol. The first-order valence-corrected chi connectivity index (χ1v) is 11.1. The molecule has 26 heavy (non-hydrogen) atoms. The molecule has 0 radical (unpaired) electrons. The first kappa shape index (κ1) is 20.7. The topological polar surface area (TPSA) is 99.8 Å². The van der Waals surface area contributed by atoms with E-state index in [-0.39, 0.29) is 0 Å². The van der Waals surface area contributed by atoms with E-state index in [1.807, 2.05) is 0 Å². The number of nitrogens with one attached hydrogen (secondary N) is 2. The second-order valence-corrected chi connectivity index (χ2v) is 8.63. The van der Waals surface area contributed by atoms with Crippen LogP contribution in [0.5, 0.6) is 0 Å². The molecule has 1 aliphatic rings. The zero-order valence-corrected chi connectivity index (χ0v) is 17.0. The van der Waals surface area contributed by atoms with Gasteiger partial charge in [-0.15, -0.1) is 0 Å². The number of sulfonamides is 1. The number of guanidine groups is 1. The number of hydrogen-bond donors (Lipinski definition) is 2. The van der Waals surface area contributed by atoms with Gasteiger partial charge in [0.15, 0.2) is 5.96 Å². The number of hydrogen-bond acceptors (Lipinski definition) is 5. The average molecular weight is 386 g/mol. The van der Waals surface area contributed by atoms with Gasteiger partial charge in [0.2, 0.25) is 10.0 Å². The van der Waals surface area contributed by atoms with Crippen molar-refractivity contribution in [3.05, 3.63) is 17.0 Å². The van der Waals surface area contributed by atoms with E-state index in [0.29, 0.717) is 25.6 Å². The molecule has 0 saturated carbocycles. The molecule has 1 aromatic rings. The summed E-state index contributed by atoms with van der Waals surface area (Å²) < 4.78 is 30.1. The largest absolute Gasteiger partial charge is 0.361 e. The molecule has 2 N–H and O–H groups in total. The molecule has 1 saturated heterocycles. The Morgan fingerprint density at radius 2 is 1.96 bits per heavy atom. The number of rotatable bonds is 7. The fourth-order valence-electron chi connectivity index (χ4n) is 3.22. The summed E-state index contributed by atoms with van der Waals surface area (Å²) in [4.78, 5) is 4.27. The Hall–Kier alpha value is -1.61. The van der Waals surface area contributed by atoms with Crippen molar-refractivity contribution in [2.75, 3.05) is 32.9 Å². The molecule has 1 fully saturated rings. The van der Waals surface area contributed by atoms with Gasteiger partial charge in [0.25, 0.3) is 0 Å². The lowest BCUT2D eigenvalue weighted by molar-refractivity contribution is 0.275. The molecule has 148 valence electrons. The van der Waals surface area contributed by atoms with Crippen molar-refractivity contribution in [2.45, 2.75) is 46.1 Å². The highest BCUT2D eigenvalue weighted by Crippen LogP contribution is 2.18. The molecular formula is C17H31N5O3S. The van der Waals surface area contributed by atoms with E-state index in [1.165, 1.54) is 6.26 Å². The first-order chi connectivity index (χ1) is 12.4. The van der Waals surface area contributed by atoms with E-state index in [4.69, 9.17) is 4.52 Å². The Labute approximate surface area is 156 Å². The van der Waals surface area contributed by atoms with Crippen molar-refractivity contribution in [1.82, 2.24) is 20.1 Å². The van der Waals surface area contributed by atoms with Crippen LogP contribution in [-0.4, -0.2) is 56.8 Å². The Balaban J connectivity index is 1.81. The molecule has 0 unspecified atom stereocenters. The highest BCUT2D eigenvalue weighted by Gasteiger charge is 2.24. The van der Waals surface area contributed by atoms with Crippen molar-refractivity contribution in [3.8, 4) is 0 Å². The van der Waals surface area contributed by atoms with Crippen molar-refractivity contribution in [2.24, 2.45) is 10.9 Å². The molecule has 1 aliphatic heterocycles. The maximum atomic E-state index is 11.6. The van der Waals surface area contributed by atoms with Crippen molar-refractivity contribution in [1.29, 1.82) is 0 Å². The molecule has 1 aromatic heterocycles. The summed E-state index contributed by atoms with van der Waals surface area (Å²) in [5.41, 5.74) is 2.09. The summed E-state index contributed by atoms with van der Waals surface area (Å²) in [5.74, 6) is 2.10. The average Bonchev–Trinajstić information content (AvgIpc) is 3.03. The SMILES string of the molecule is CCc1noc(CC)c1CNC(=NC)NCC1CCN(S(C)(=O)=O)CC1. The second-order valence-electron chi connectivity index (χ2n) is 6.65. The maximum Gasteiger partial charge on any atom is 0.211 e. The standard InChI is InChI=1S/C17H31N5O3S/c1-5-15-14(16(6-2)25-21-15)12-20-17(18-3)19-11-13-7-9-22(10-8-13)26(4,23)24/h13H,5-12H2,1-4H3,(H2,18,19,20). The van der Waals surface area contributed by atoms with E-state index in [9.17, 15) is 8.42 Å². The van der Waals surface area contributed by atoms with Crippen LogP contribution in [0.4, 0.5) is 0 Å². The van der Waals surface area contributed by atoms with Gasteiger partial charge in [-0.25, -0.2) is 12.7 Å². The van der Waals surface area contributed by atoms with Crippen LogP contribution in [0.3, 0.4) is 0 Å². The van der Waals surface area contributed by atoms with Gasteiger partial charge in [0.1, 0.15) is 5.76 Å². The maximum absolute atomic E-state index is 11.6. The fourth-order valence-corrected chi connectivity index (χ4v) is 4.09. The van der Waals surface area contributed by atoms with Gasteiger partial charge in [-0.3, -0.25) is 4.99 Å². The number of aliphatic imine (C=N–C) groups is 1. The number of aryl methyl sites for hydroxylation is 2. The van der Waals surface area contributed by atoms with Crippen molar-refractivity contribution < 1.29 is 12.9 Å². The second kappa shape index (κ2) is 9.36. The van der Waals surface area contributed by atoms with Crippen LogP contribution < -0.4 is 10.6 Å². The fraction of sp³-hybridized carbons (Fsp3) is 0.765. The van der Waals surface area contributed by atoms with Crippen LogP contribution in [0.1, 0.15) is 43.7 Å². The summed E-state index contributed by atoms with van der Waals surface area (Å²) in [5, 5.41) is 10.8. The molecule has 0 amide bonds. The lowest BCUT2D eigenvalue weighted by Gasteiger charge is -2.30. The molecule has 0 aliphatic carbocycles. The lowest BCUT2D eigenvalue weighted by Crippen LogP contribution is -2.43. The number of aromatic nitrogens is 1. The summed E-state index contributed by atoms with van der Waals surface area (Å²) in [7, 11) is -1.32. The Morgan fingerprint density at radius 3 is 2.50 bits per heavy atom. The van der Waals surface area contributed by atoms with Crippen LogP contribution in [0.2, 0.25) is 0 Å². The van der Waals surface area contributed by atoms with Crippen LogP contribution in [-0.2, 0) is 29.4 Å². The van der Waals surface area contributed by atoms with Crippen molar-refractivity contribution in [3.63, 3.8) is 0 Å². The molecule has 2 rings (SSSR count). The number of piperidine rings is 1. The Bertz CT molecular complexity index is 684. The molecule has 0 aromatic carbocycles. The minimum absolute atomic E-state index is 0.444. The van der Waals surface area contributed by atoms with Gasteiger partial charge in [0.05, 0.1) is 11.9 Å². The summed E-state index contributed by atoms with van der Waals surface area (Å²) in [6, 6.07) is 0. The molecule has 0 atom stereocenters. The third-order valence-electron chi connectivity index (χ3n) is 4.86. The van der Waals surface area contributed by atoms with Crippen LogP contribution in [0.15, 0.2) is 9.52 Å². The normalized spacial score (nSPS) is 17.5. The molecule has 0 spiro atoms. The van der Waals surface area contributed by atoms with Crippen LogP contribution in [0.25, 0.3) is 0 Å². The zero-order valence-electron chi connectivity index (χ0n) is 16.2. The van der Waals surface area contributed by atoms with Crippen molar-refractivity contribution >= 4 is 16.0 Å². The summed E-state index contributed by atoms with van der Waals surface area (Å²) in [6.45, 7) is 6.72. The van der Waals surface area contributed by atoms with Gasteiger partial charge in [-0.05, 0) is 25.2 Å². The van der Waals surface area contributed by atoms with E-state index in [0.717, 1.165) is 55.2 Å². The monoisotopic (exact) mass is 385 g/mol. The molecule has 0 bridgehead atoms. The highest BCUT2D eigenvalue weighted by atomic mass is 32.2. The third-order valence-corrected chi connectivity index (χ3v) is 6.17. The smallest absolute Gasteiger partial charge is 0.211 e. The van der Waals surface area contributed by atoms with E-state index < -0.39 is 10.0 Å². The predicted octanol–water partition coefficient (Wildman–Crippen LogP) is 1.14. The van der Waals surface area contributed by atoms with Gasteiger partial charge in [-0.2, -0.15) is 0 Å². The summed E-state index contributed by atoms with van der Waals surface area (Å²) >= 11 is 0. The lowest BCUT2D eigenvalue weighted by atomic mass is 9.98. The van der Waals surface area contributed by atoms with Gasteiger partial charge < -0.3 is 15.2 Å². The van der Waals surface area contributed by atoms with Gasteiger partial charge in [-0.1, -0.05) is 19.0 Å². The van der Waals surface area contributed by atoms with Crippen LogP contribution >= 0.6 is 0 Å². The minimum Gasteiger partial charge on any atom is -0.361 e. The predicted molar refractivity (Wildman–Crippen MR) is 103 cm³/mol. The Kier molecular flexibility index (Phi) is 7.45. The molecule has 8 nitrogen and oxygen atoms in total. The van der Waals surface area contributed by atoms with Gasteiger partial charge in [0, 0.05) is 45.2 Å². The Morgan fingerprint density at radius 1 is 1.27 bits per heavy atom. The minimum atomic E-state index is -3.07. The van der Waals surface area contributed by atoms with E-state index >= 15 is 0 Å². The van der Waals surface area contributed by atoms with E-state index in [1.54, 1.807) is 11.4 Å². The van der Waals surface area contributed by atoms with Crippen LogP contribution in [0, 0.1) is 5.92 Å². The zero-order chi connectivity index (χ0) is 19.2. The molecule has 9 heteroatoms. The molecule has 2 heterocycles.